The monoisotopic (exact) mass is 391 g/mol. The van der Waals surface area contributed by atoms with Crippen LogP contribution >= 0.6 is 11.6 Å². The van der Waals surface area contributed by atoms with Gasteiger partial charge in [-0.3, -0.25) is 14.9 Å². The molecule has 27 heavy (non-hydrogen) atoms. The van der Waals surface area contributed by atoms with Crippen molar-refractivity contribution in [2.75, 3.05) is 11.9 Å². The lowest BCUT2D eigenvalue weighted by atomic mass is 9.98. The highest BCUT2D eigenvalue weighted by molar-refractivity contribution is 6.33. The number of carbonyl (C=O) groups excluding carboxylic acids is 1. The molecule has 1 amide bonds. The number of benzene rings is 2. The highest BCUT2D eigenvalue weighted by Gasteiger charge is 2.25. The number of hydrogen-bond acceptors (Lipinski definition) is 4. The minimum absolute atomic E-state index is 0.0448. The SMILES string of the molecule is CC(=O)N1CCC(Nc2cc(C)c([N+](=O)[O-])cc2Cl)c2ccc(F)cc2C1. The molecule has 2 aromatic rings. The Kier molecular flexibility index (Phi) is 5.32. The Bertz CT molecular complexity index is 919. The van der Waals surface area contributed by atoms with E-state index in [9.17, 15) is 19.3 Å². The zero-order valence-corrected chi connectivity index (χ0v) is 15.7. The fraction of sp³-hybridized carbons (Fsp3) is 0.316. The summed E-state index contributed by atoms with van der Waals surface area (Å²) in [4.78, 5) is 24.1. The predicted molar refractivity (Wildman–Crippen MR) is 101 cm³/mol. The molecule has 1 atom stereocenters. The van der Waals surface area contributed by atoms with Gasteiger partial charge in [0, 0.05) is 31.6 Å². The average molecular weight is 392 g/mol. The molecule has 142 valence electrons. The Morgan fingerprint density at radius 3 is 2.78 bits per heavy atom. The van der Waals surface area contributed by atoms with Crippen LogP contribution in [0.4, 0.5) is 15.8 Å². The van der Waals surface area contributed by atoms with Crippen LogP contribution in [0.5, 0.6) is 0 Å². The number of nitro benzene ring substituents is 1. The number of nitrogens with one attached hydrogen (secondary N) is 1. The molecule has 6 nitrogen and oxygen atoms in total. The number of nitrogens with zero attached hydrogens (tertiary/aromatic N) is 2. The van der Waals surface area contributed by atoms with E-state index in [4.69, 9.17) is 11.6 Å². The predicted octanol–water partition coefficient (Wildman–Crippen LogP) is 4.60. The molecule has 0 fully saturated rings. The molecule has 0 bridgehead atoms. The van der Waals surface area contributed by atoms with Crippen molar-refractivity contribution < 1.29 is 14.1 Å². The van der Waals surface area contributed by atoms with Gasteiger partial charge in [-0.15, -0.1) is 0 Å². The summed E-state index contributed by atoms with van der Waals surface area (Å²) < 4.78 is 13.7. The maximum atomic E-state index is 13.7. The minimum atomic E-state index is -0.473. The molecule has 1 aliphatic heterocycles. The largest absolute Gasteiger partial charge is 0.377 e. The van der Waals surface area contributed by atoms with Crippen LogP contribution in [-0.2, 0) is 11.3 Å². The average Bonchev–Trinajstić information content (AvgIpc) is 2.77. The van der Waals surface area contributed by atoms with E-state index in [-0.39, 0.29) is 28.5 Å². The Morgan fingerprint density at radius 2 is 2.11 bits per heavy atom. The minimum Gasteiger partial charge on any atom is -0.377 e. The van der Waals surface area contributed by atoms with Crippen molar-refractivity contribution >= 4 is 28.9 Å². The third kappa shape index (κ3) is 4.03. The highest BCUT2D eigenvalue weighted by atomic mass is 35.5. The summed E-state index contributed by atoms with van der Waals surface area (Å²) in [7, 11) is 0. The van der Waals surface area contributed by atoms with Crippen molar-refractivity contribution in [1.82, 2.24) is 4.90 Å². The Morgan fingerprint density at radius 1 is 1.37 bits per heavy atom. The maximum absolute atomic E-state index is 13.7. The molecule has 0 spiro atoms. The van der Waals surface area contributed by atoms with E-state index in [1.165, 1.54) is 25.1 Å². The van der Waals surface area contributed by atoms with Crippen LogP contribution in [0.25, 0.3) is 0 Å². The number of anilines is 1. The molecule has 1 heterocycles. The molecule has 0 saturated carbocycles. The number of carbonyl (C=O) groups is 1. The molecule has 1 unspecified atom stereocenters. The maximum Gasteiger partial charge on any atom is 0.273 e. The van der Waals surface area contributed by atoms with Crippen LogP contribution in [0.15, 0.2) is 30.3 Å². The third-order valence-corrected chi connectivity index (χ3v) is 5.10. The van der Waals surface area contributed by atoms with Crippen molar-refractivity contribution in [3.63, 3.8) is 0 Å². The van der Waals surface area contributed by atoms with Gasteiger partial charge < -0.3 is 10.2 Å². The van der Waals surface area contributed by atoms with Crippen LogP contribution in [0.1, 0.15) is 36.1 Å². The molecule has 2 aromatic carbocycles. The summed E-state index contributed by atoms with van der Waals surface area (Å²) in [5, 5.41) is 14.6. The Labute approximate surface area is 161 Å². The standard InChI is InChI=1S/C19H19ClFN3O3/c1-11-7-18(16(20)9-19(11)24(26)27)22-17-5-6-23(12(2)25)10-13-8-14(21)3-4-15(13)17/h3-4,7-9,17,22H,5-6,10H2,1-2H3. The first-order chi connectivity index (χ1) is 12.8. The van der Waals surface area contributed by atoms with Gasteiger partial charge >= 0.3 is 0 Å². The first-order valence-electron chi connectivity index (χ1n) is 8.51. The van der Waals surface area contributed by atoms with Crippen molar-refractivity contribution in [2.24, 2.45) is 0 Å². The summed E-state index contributed by atoms with van der Waals surface area (Å²) in [6.07, 6.45) is 0.602. The van der Waals surface area contributed by atoms with Crippen LogP contribution in [0.3, 0.4) is 0 Å². The summed E-state index contributed by atoms with van der Waals surface area (Å²) in [6, 6.07) is 7.29. The fourth-order valence-corrected chi connectivity index (χ4v) is 3.57. The molecule has 0 aliphatic carbocycles. The summed E-state index contributed by atoms with van der Waals surface area (Å²) in [5.74, 6) is -0.433. The second kappa shape index (κ2) is 7.52. The van der Waals surface area contributed by atoms with Crippen LogP contribution in [0, 0.1) is 22.9 Å². The van der Waals surface area contributed by atoms with Crippen molar-refractivity contribution in [3.05, 3.63) is 68.0 Å². The summed E-state index contributed by atoms with van der Waals surface area (Å²) in [5.41, 5.74) is 2.63. The van der Waals surface area contributed by atoms with Gasteiger partial charge in [0.05, 0.1) is 21.7 Å². The zero-order valence-electron chi connectivity index (χ0n) is 15.0. The van der Waals surface area contributed by atoms with Crippen LogP contribution < -0.4 is 5.32 Å². The second-order valence-electron chi connectivity index (χ2n) is 6.64. The van der Waals surface area contributed by atoms with Gasteiger partial charge in [-0.2, -0.15) is 0 Å². The molecular formula is C19H19ClFN3O3. The van der Waals surface area contributed by atoms with Crippen molar-refractivity contribution in [2.45, 2.75) is 32.9 Å². The number of nitro groups is 1. The number of rotatable bonds is 3. The topological polar surface area (TPSA) is 75.5 Å². The quantitative estimate of drug-likeness (QED) is 0.612. The number of hydrogen-bond donors (Lipinski definition) is 1. The van der Waals surface area contributed by atoms with Gasteiger partial charge in [-0.1, -0.05) is 17.7 Å². The lowest BCUT2D eigenvalue weighted by molar-refractivity contribution is -0.385. The van der Waals surface area contributed by atoms with Gasteiger partial charge in [0.25, 0.3) is 5.69 Å². The molecule has 1 aliphatic rings. The van der Waals surface area contributed by atoms with Gasteiger partial charge in [-0.25, -0.2) is 4.39 Å². The first kappa shape index (κ1) is 19.1. The second-order valence-corrected chi connectivity index (χ2v) is 7.05. The van der Waals surface area contributed by atoms with Gasteiger partial charge in [0.2, 0.25) is 5.91 Å². The molecular weight excluding hydrogens is 373 g/mol. The van der Waals surface area contributed by atoms with E-state index < -0.39 is 4.92 Å². The zero-order chi connectivity index (χ0) is 19.7. The molecule has 8 heteroatoms. The third-order valence-electron chi connectivity index (χ3n) is 4.79. The Balaban J connectivity index is 1.97. The summed E-state index contributed by atoms with van der Waals surface area (Å²) >= 11 is 6.25. The molecule has 1 N–H and O–H groups in total. The fourth-order valence-electron chi connectivity index (χ4n) is 3.36. The van der Waals surface area contributed by atoms with Crippen LogP contribution in [-0.4, -0.2) is 22.3 Å². The number of halogens is 2. The first-order valence-corrected chi connectivity index (χ1v) is 8.89. The molecule has 0 saturated heterocycles. The van der Waals surface area contributed by atoms with Crippen molar-refractivity contribution in [1.29, 1.82) is 0 Å². The van der Waals surface area contributed by atoms with Gasteiger partial charge in [-0.05, 0) is 42.7 Å². The van der Waals surface area contributed by atoms with E-state index in [0.29, 0.717) is 30.8 Å². The Hall–Kier alpha value is -2.67. The van der Waals surface area contributed by atoms with E-state index in [2.05, 4.69) is 5.32 Å². The lowest BCUT2D eigenvalue weighted by Crippen LogP contribution is -2.28. The highest BCUT2D eigenvalue weighted by Crippen LogP contribution is 2.35. The van der Waals surface area contributed by atoms with E-state index in [0.717, 1.165) is 11.1 Å². The smallest absolute Gasteiger partial charge is 0.273 e. The molecule has 0 aromatic heterocycles. The lowest BCUT2D eigenvalue weighted by Gasteiger charge is -2.21. The number of aryl methyl sites for hydroxylation is 1. The normalized spacial score (nSPS) is 16.4. The van der Waals surface area contributed by atoms with E-state index in [1.54, 1.807) is 24.0 Å². The van der Waals surface area contributed by atoms with Gasteiger partial charge in [0.15, 0.2) is 0 Å². The molecule has 0 radical (unpaired) electrons. The van der Waals surface area contributed by atoms with Crippen molar-refractivity contribution in [3.8, 4) is 0 Å². The van der Waals surface area contributed by atoms with Crippen LogP contribution in [0.2, 0.25) is 5.02 Å². The van der Waals surface area contributed by atoms with E-state index in [1.807, 2.05) is 0 Å². The number of amides is 1. The van der Waals surface area contributed by atoms with Gasteiger partial charge in [0.1, 0.15) is 5.82 Å². The summed E-state index contributed by atoms with van der Waals surface area (Å²) in [6.45, 7) is 3.98. The molecule has 3 rings (SSSR count). The van der Waals surface area contributed by atoms with E-state index >= 15 is 0 Å². The number of fused-ring (bicyclic) bond motifs is 1.